The van der Waals surface area contributed by atoms with Crippen LogP contribution >= 0.6 is 0 Å². The highest BCUT2D eigenvalue weighted by atomic mass is 32.2. The lowest BCUT2D eigenvalue weighted by Gasteiger charge is -2.14. The third-order valence-corrected chi connectivity index (χ3v) is 6.27. The maximum Gasteiger partial charge on any atom is 0.261 e. The van der Waals surface area contributed by atoms with Crippen molar-refractivity contribution in [2.75, 3.05) is 18.8 Å². The fraction of sp³-hybridized carbons (Fsp3) is 0.500. The van der Waals surface area contributed by atoms with Gasteiger partial charge in [0.05, 0.1) is 16.9 Å². The van der Waals surface area contributed by atoms with Gasteiger partial charge >= 0.3 is 0 Å². The van der Waals surface area contributed by atoms with Crippen molar-refractivity contribution in [2.45, 2.75) is 38.1 Å². The highest BCUT2D eigenvalue weighted by molar-refractivity contribution is 7.89. The lowest BCUT2D eigenvalue weighted by molar-refractivity contribution is -0.121. The van der Waals surface area contributed by atoms with Gasteiger partial charge in [-0.2, -0.15) is 0 Å². The zero-order valence-electron chi connectivity index (χ0n) is 14.9. The first-order chi connectivity index (χ1) is 12.9. The Morgan fingerprint density at radius 3 is 2.26 bits per heavy atom. The summed E-state index contributed by atoms with van der Waals surface area (Å²) < 4.78 is 26.6. The molecule has 1 aliphatic heterocycles. The van der Waals surface area contributed by atoms with E-state index in [1.54, 1.807) is 24.3 Å². The van der Waals surface area contributed by atoms with E-state index in [4.69, 9.17) is 0 Å². The summed E-state index contributed by atoms with van der Waals surface area (Å²) in [6.07, 6.45) is 3.70. The van der Waals surface area contributed by atoms with Gasteiger partial charge in [0.1, 0.15) is 0 Å². The third-order valence-electron chi connectivity index (χ3n) is 4.84. The molecular formula is C18H23N3O5S. The minimum absolute atomic E-state index is 0.000440. The molecule has 9 heteroatoms. The van der Waals surface area contributed by atoms with Crippen LogP contribution in [0.15, 0.2) is 24.3 Å². The maximum absolute atomic E-state index is 12.2. The smallest absolute Gasteiger partial charge is 0.261 e. The van der Waals surface area contributed by atoms with Crippen LogP contribution in [0.25, 0.3) is 0 Å². The van der Waals surface area contributed by atoms with Crippen LogP contribution in [-0.2, 0) is 14.8 Å². The van der Waals surface area contributed by atoms with E-state index in [-0.39, 0.29) is 31.3 Å². The minimum atomic E-state index is -3.43. The van der Waals surface area contributed by atoms with Crippen LogP contribution in [0.4, 0.5) is 0 Å². The van der Waals surface area contributed by atoms with Crippen molar-refractivity contribution in [1.29, 1.82) is 0 Å². The van der Waals surface area contributed by atoms with Crippen molar-refractivity contribution in [3.63, 3.8) is 0 Å². The van der Waals surface area contributed by atoms with E-state index in [1.807, 2.05) is 0 Å². The number of hydrogen-bond acceptors (Lipinski definition) is 5. The number of rotatable bonds is 8. The first-order valence-electron chi connectivity index (χ1n) is 9.09. The van der Waals surface area contributed by atoms with Gasteiger partial charge in [0.25, 0.3) is 11.8 Å². The molecule has 0 saturated heterocycles. The molecule has 8 nitrogen and oxygen atoms in total. The second-order valence-electron chi connectivity index (χ2n) is 6.83. The molecule has 0 bridgehead atoms. The lowest BCUT2D eigenvalue weighted by atomic mass is 10.1. The standard InChI is InChI=1S/C18H23N3O5S/c22-16(19-10-12-27(25,26)20-13-5-1-2-6-13)9-11-21-17(23)14-7-3-4-8-15(14)18(21)24/h3-4,7-8,13,20H,1-2,5-6,9-12H2,(H,19,22). The number of sulfonamides is 1. The molecule has 1 fully saturated rings. The molecule has 1 saturated carbocycles. The van der Waals surface area contributed by atoms with E-state index >= 15 is 0 Å². The van der Waals surface area contributed by atoms with Crippen LogP contribution in [0.3, 0.4) is 0 Å². The van der Waals surface area contributed by atoms with Gasteiger partial charge in [0, 0.05) is 25.6 Å². The van der Waals surface area contributed by atoms with Crippen molar-refractivity contribution < 1.29 is 22.8 Å². The van der Waals surface area contributed by atoms with Crippen molar-refractivity contribution in [1.82, 2.24) is 14.9 Å². The summed E-state index contributed by atoms with van der Waals surface area (Å²) in [4.78, 5) is 37.4. The number of carbonyl (C=O) groups excluding carboxylic acids is 3. The normalized spacial score (nSPS) is 17.4. The highest BCUT2D eigenvalue weighted by Crippen LogP contribution is 2.22. The number of nitrogens with zero attached hydrogens (tertiary/aromatic N) is 1. The average molecular weight is 393 g/mol. The molecular weight excluding hydrogens is 370 g/mol. The van der Waals surface area contributed by atoms with Gasteiger partial charge in [-0.05, 0) is 25.0 Å². The monoisotopic (exact) mass is 393 g/mol. The molecule has 0 aromatic heterocycles. The molecule has 1 aromatic rings. The Kier molecular flexibility index (Phi) is 5.91. The number of carbonyl (C=O) groups is 3. The second kappa shape index (κ2) is 8.18. The van der Waals surface area contributed by atoms with Crippen LogP contribution in [0.5, 0.6) is 0 Å². The van der Waals surface area contributed by atoms with E-state index in [1.165, 1.54) is 0 Å². The Morgan fingerprint density at radius 2 is 1.67 bits per heavy atom. The molecule has 1 aliphatic carbocycles. The summed E-state index contributed by atoms with van der Waals surface area (Å²) in [6, 6.07) is 6.52. The molecule has 3 amide bonds. The van der Waals surface area contributed by atoms with Gasteiger partial charge in [0.15, 0.2) is 0 Å². The number of imide groups is 1. The molecule has 0 spiro atoms. The summed E-state index contributed by atoms with van der Waals surface area (Å²) in [7, 11) is -3.43. The Balaban J connectivity index is 1.41. The van der Waals surface area contributed by atoms with Crippen LogP contribution in [-0.4, -0.2) is 55.9 Å². The summed E-state index contributed by atoms with van der Waals surface area (Å²) in [6.45, 7) is -0.0474. The SMILES string of the molecule is O=C(CCN1C(=O)c2ccccc2C1=O)NCCS(=O)(=O)NC1CCCC1. The number of fused-ring (bicyclic) bond motifs is 1. The second-order valence-corrected chi connectivity index (χ2v) is 8.70. The molecule has 0 unspecified atom stereocenters. The quantitative estimate of drug-likeness (QED) is 0.630. The van der Waals surface area contributed by atoms with Crippen LogP contribution in [0.1, 0.15) is 52.8 Å². The van der Waals surface area contributed by atoms with Gasteiger partial charge in [-0.3, -0.25) is 19.3 Å². The summed E-state index contributed by atoms with van der Waals surface area (Å²) >= 11 is 0. The summed E-state index contributed by atoms with van der Waals surface area (Å²) in [5.41, 5.74) is 0.680. The Hall–Kier alpha value is -2.26. The first kappa shape index (κ1) is 19.5. The molecule has 1 heterocycles. The zero-order valence-corrected chi connectivity index (χ0v) is 15.8. The Morgan fingerprint density at radius 1 is 1.07 bits per heavy atom. The maximum atomic E-state index is 12.2. The van der Waals surface area contributed by atoms with Crippen molar-refractivity contribution in [3.8, 4) is 0 Å². The third kappa shape index (κ3) is 4.72. The summed E-state index contributed by atoms with van der Waals surface area (Å²) in [5.74, 6) is -1.41. The predicted molar refractivity (Wildman–Crippen MR) is 98.6 cm³/mol. The highest BCUT2D eigenvalue weighted by Gasteiger charge is 2.34. The van der Waals surface area contributed by atoms with Crippen molar-refractivity contribution >= 4 is 27.7 Å². The number of nitrogens with one attached hydrogen (secondary N) is 2. The molecule has 2 N–H and O–H groups in total. The topological polar surface area (TPSA) is 113 Å². The summed E-state index contributed by atoms with van der Waals surface area (Å²) in [5, 5.41) is 2.53. The molecule has 0 radical (unpaired) electrons. The molecule has 2 aliphatic rings. The van der Waals surface area contributed by atoms with Gasteiger partial charge in [0.2, 0.25) is 15.9 Å². The van der Waals surface area contributed by atoms with Crippen LogP contribution < -0.4 is 10.0 Å². The van der Waals surface area contributed by atoms with E-state index < -0.39 is 27.7 Å². The van der Waals surface area contributed by atoms with Gasteiger partial charge < -0.3 is 5.32 Å². The first-order valence-corrected chi connectivity index (χ1v) is 10.7. The van der Waals surface area contributed by atoms with Gasteiger partial charge in [-0.15, -0.1) is 0 Å². The van der Waals surface area contributed by atoms with Crippen LogP contribution in [0, 0.1) is 0 Å². The molecule has 146 valence electrons. The van der Waals surface area contributed by atoms with Gasteiger partial charge in [-0.25, -0.2) is 13.1 Å². The fourth-order valence-corrected chi connectivity index (χ4v) is 4.66. The number of amides is 3. The number of benzene rings is 1. The Labute approximate surface area is 158 Å². The van der Waals surface area contributed by atoms with E-state index in [2.05, 4.69) is 10.0 Å². The zero-order chi connectivity index (χ0) is 19.4. The van der Waals surface area contributed by atoms with Crippen molar-refractivity contribution in [3.05, 3.63) is 35.4 Å². The van der Waals surface area contributed by atoms with E-state index in [0.29, 0.717) is 11.1 Å². The van der Waals surface area contributed by atoms with Crippen molar-refractivity contribution in [2.24, 2.45) is 0 Å². The van der Waals surface area contributed by atoms with Crippen LogP contribution in [0.2, 0.25) is 0 Å². The minimum Gasteiger partial charge on any atom is -0.355 e. The van der Waals surface area contributed by atoms with Gasteiger partial charge in [-0.1, -0.05) is 25.0 Å². The molecule has 27 heavy (non-hydrogen) atoms. The predicted octanol–water partition coefficient (Wildman–Crippen LogP) is 0.651. The van der Waals surface area contributed by atoms with E-state index in [0.717, 1.165) is 30.6 Å². The fourth-order valence-electron chi connectivity index (χ4n) is 3.43. The average Bonchev–Trinajstić information content (AvgIpc) is 3.21. The largest absolute Gasteiger partial charge is 0.355 e. The number of hydrogen-bond donors (Lipinski definition) is 2. The molecule has 3 rings (SSSR count). The Bertz CT molecular complexity index is 811. The molecule has 0 atom stereocenters. The molecule has 1 aromatic carbocycles. The lowest BCUT2D eigenvalue weighted by Crippen LogP contribution is -2.39. The van der Waals surface area contributed by atoms with E-state index in [9.17, 15) is 22.8 Å².